The maximum absolute atomic E-state index is 6.10. The van der Waals surface area contributed by atoms with Gasteiger partial charge in [-0.15, -0.1) is 11.3 Å². The standard InChI is InChI=1S/C13H21NOS/c1-3-15-13(8-6-4-5-7-9-13)12-14-10-11(2)16-12/h10H,3-9H2,1-2H3. The molecule has 0 saturated heterocycles. The summed E-state index contributed by atoms with van der Waals surface area (Å²) in [6.07, 6.45) is 9.52. The molecule has 3 heteroatoms. The second-order valence-electron chi connectivity index (χ2n) is 4.62. The van der Waals surface area contributed by atoms with Gasteiger partial charge in [0.2, 0.25) is 0 Å². The summed E-state index contributed by atoms with van der Waals surface area (Å²) in [6, 6.07) is 0. The van der Waals surface area contributed by atoms with Gasteiger partial charge in [0.05, 0.1) is 0 Å². The Morgan fingerprint density at radius 1 is 1.31 bits per heavy atom. The van der Waals surface area contributed by atoms with E-state index in [1.807, 2.05) is 6.20 Å². The SMILES string of the molecule is CCOC1(c2ncc(C)s2)CCCCCC1. The summed E-state index contributed by atoms with van der Waals surface area (Å²) in [5.74, 6) is 0. The molecule has 0 unspecified atom stereocenters. The van der Waals surface area contributed by atoms with Gasteiger partial charge in [0.25, 0.3) is 0 Å². The molecule has 0 aliphatic heterocycles. The highest BCUT2D eigenvalue weighted by atomic mass is 32.1. The minimum atomic E-state index is -0.0653. The van der Waals surface area contributed by atoms with Gasteiger partial charge in [0.15, 0.2) is 0 Å². The monoisotopic (exact) mass is 239 g/mol. The molecule has 1 heterocycles. The highest BCUT2D eigenvalue weighted by Gasteiger charge is 2.36. The number of ether oxygens (including phenoxy) is 1. The van der Waals surface area contributed by atoms with Gasteiger partial charge in [0.1, 0.15) is 10.6 Å². The minimum absolute atomic E-state index is 0.0653. The van der Waals surface area contributed by atoms with Gasteiger partial charge in [-0.1, -0.05) is 25.7 Å². The van der Waals surface area contributed by atoms with Crippen molar-refractivity contribution in [1.29, 1.82) is 0 Å². The molecule has 1 aliphatic carbocycles. The van der Waals surface area contributed by atoms with E-state index in [4.69, 9.17) is 4.74 Å². The van der Waals surface area contributed by atoms with Crippen LogP contribution in [0.1, 0.15) is 55.3 Å². The molecule has 0 aromatic carbocycles. The Labute approximate surface area is 102 Å². The lowest BCUT2D eigenvalue weighted by Crippen LogP contribution is -2.29. The molecule has 16 heavy (non-hydrogen) atoms. The molecule has 0 radical (unpaired) electrons. The van der Waals surface area contributed by atoms with E-state index in [0.717, 1.165) is 19.4 Å². The number of rotatable bonds is 3. The zero-order chi connectivity index (χ0) is 11.4. The van der Waals surface area contributed by atoms with E-state index < -0.39 is 0 Å². The fraction of sp³-hybridized carbons (Fsp3) is 0.769. The van der Waals surface area contributed by atoms with Crippen molar-refractivity contribution in [1.82, 2.24) is 4.98 Å². The molecule has 2 nitrogen and oxygen atoms in total. The Balaban J connectivity index is 2.25. The molecule has 0 spiro atoms. The first-order valence-corrected chi connectivity index (χ1v) is 7.15. The Bertz CT molecular complexity index is 326. The van der Waals surface area contributed by atoms with E-state index in [1.165, 1.54) is 35.6 Å². The predicted octanol–water partition coefficient (Wildman–Crippen LogP) is 4.04. The van der Waals surface area contributed by atoms with Crippen LogP contribution in [0.15, 0.2) is 6.20 Å². The first-order chi connectivity index (χ1) is 7.77. The molecular weight excluding hydrogens is 218 g/mol. The number of aryl methyl sites for hydroxylation is 1. The first kappa shape index (κ1) is 12.1. The van der Waals surface area contributed by atoms with Gasteiger partial charge >= 0.3 is 0 Å². The molecule has 1 aliphatic rings. The van der Waals surface area contributed by atoms with Crippen LogP contribution in [0, 0.1) is 6.92 Å². The van der Waals surface area contributed by atoms with Gasteiger partial charge in [-0.3, -0.25) is 0 Å². The van der Waals surface area contributed by atoms with Crippen molar-refractivity contribution in [2.75, 3.05) is 6.61 Å². The second-order valence-corrected chi connectivity index (χ2v) is 5.85. The maximum Gasteiger partial charge on any atom is 0.125 e. The van der Waals surface area contributed by atoms with Crippen LogP contribution in [0.2, 0.25) is 0 Å². The summed E-state index contributed by atoms with van der Waals surface area (Å²) in [4.78, 5) is 5.86. The van der Waals surface area contributed by atoms with Gasteiger partial charge in [0, 0.05) is 17.7 Å². The second kappa shape index (κ2) is 5.28. The Kier molecular flexibility index (Phi) is 3.98. The van der Waals surface area contributed by atoms with Crippen LogP contribution < -0.4 is 0 Å². The third kappa shape index (κ3) is 2.46. The van der Waals surface area contributed by atoms with Gasteiger partial charge in [-0.2, -0.15) is 0 Å². The normalized spacial score (nSPS) is 20.6. The molecule has 90 valence electrons. The van der Waals surface area contributed by atoms with Crippen molar-refractivity contribution in [3.8, 4) is 0 Å². The largest absolute Gasteiger partial charge is 0.368 e. The van der Waals surface area contributed by atoms with E-state index in [2.05, 4.69) is 18.8 Å². The van der Waals surface area contributed by atoms with Crippen LogP contribution >= 0.6 is 11.3 Å². The van der Waals surface area contributed by atoms with E-state index in [9.17, 15) is 0 Å². The molecule has 1 saturated carbocycles. The average molecular weight is 239 g/mol. The molecule has 1 fully saturated rings. The summed E-state index contributed by atoms with van der Waals surface area (Å²) in [6.45, 7) is 5.00. The Hall–Kier alpha value is -0.410. The predicted molar refractivity (Wildman–Crippen MR) is 67.9 cm³/mol. The van der Waals surface area contributed by atoms with Crippen LogP contribution in [0.5, 0.6) is 0 Å². The number of hydrogen-bond donors (Lipinski definition) is 0. The highest BCUT2D eigenvalue weighted by molar-refractivity contribution is 7.11. The van der Waals surface area contributed by atoms with Crippen LogP contribution in [0.4, 0.5) is 0 Å². The maximum atomic E-state index is 6.10. The molecule has 0 bridgehead atoms. The molecule has 2 rings (SSSR count). The average Bonchev–Trinajstić information content (AvgIpc) is 2.57. The number of aromatic nitrogens is 1. The molecule has 1 aromatic heterocycles. The van der Waals surface area contributed by atoms with Crippen molar-refractivity contribution in [3.63, 3.8) is 0 Å². The molecule has 0 atom stereocenters. The Morgan fingerprint density at radius 2 is 2.00 bits per heavy atom. The van der Waals surface area contributed by atoms with Crippen molar-refractivity contribution in [3.05, 3.63) is 16.1 Å². The lowest BCUT2D eigenvalue weighted by atomic mass is 9.95. The topological polar surface area (TPSA) is 22.1 Å². The zero-order valence-electron chi connectivity index (χ0n) is 10.3. The Morgan fingerprint density at radius 3 is 2.50 bits per heavy atom. The minimum Gasteiger partial charge on any atom is -0.368 e. The molecule has 1 aromatic rings. The summed E-state index contributed by atoms with van der Waals surface area (Å²) in [7, 11) is 0. The summed E-state index contributed by atoms with van der Waals surface area (Å²) in [5, 5.41) is 1.20. The van der Waals surface area contributed by atoms with Gasteiger partial charge < -0.3 is 4.74 Å². The summed E-state index contributed by atoms with van der Waals surface area (Å²) >= 11 is 1.81. The fourth-order valence-electron chi connectivity index (χ4n) is 2.56. The van der Waals surface area contributed by atoms with Gasteiger partial charge in [-0.25, -0.2) is 4.98 Å². The summed E-state index contributed by atoms with van der Waals surface area (Å²) < 4.78 is 6.10. The smallest absolute Gasteiger partial charge is 0.125 e. The van der Waals surface area contributed by atoms with E-state index >= 15 is 0 Å². The number of hydrogen-bond acceptors (Lipinski definition) is 3. The van der Waals surface area contributed by atoms with Gasteiger partial charge in [-0.05, 0) is 26.7 Å². The zero-order valence-corrected chi connectivity index (χ0v) is 11.1. The molecule has 0 N–H and O–H groups in total. The van der Waals surface area contributed by atoms with Crippen LogP contribution in [0.3, 0.4) is 0 Å². The highest BCUT2D eigenvalue weighted by Crippen LogP contribution is 2.40. The number of thiazole rings is 1. The third-order valence-corrected chi connectivity index (χ3v) is 4.44. The van der Waals surface area contributed by atoms with E-state index in [1.54, 1.807) is 11.3 Å². The number of nitrogens with zero attached hydrogens (tertiary/aromatic N) is 1. The van der Waals surface area contributed by atoms with Crippen molar-refractivity contribution in [2.24, 2.45) is 0 Å². The lowest BCUT2D eigenvalue weighted by Gasteiger charge is -2.30. The molecule has 0 amide bonds. The fourth-order valence-corrected chi connectivity index (χ4v) is 3.53. The van der Waals surface area contributed by atoms with Crippen LogP contribution in [0.25, 0.3) is 0 Å². The van der Waals surface area contributed by atoms with E-state index in [0.29, 0.717) is 0 Å². The van der Waals surface area contributed by atoms with E-state index in [-0.39, 0.29) is 5.60 Å². The van der Waals surface area contributed by atoms with Crippen LogP contribution in [-0.2, 0) is 10.3 Å². The van der Waals surface area contributed by atoms with Crippen molar-refractivity contribution >= 4 is 11.3 Å². The van der Waals surface area contributed by atoms with Crippen molar-refractivity contribution in [2.45, 2.75) is 58.0 Å². The first-order valence-electron chi connectivity index (χ1n) is 6.34. The summed E-state index contributed by atoms with van der Waals surface area (Å²) in [5.41, 5.74) is -0.0653. The van der Waals surface area contributed by atoms with Crippen molar-refractivity contribution < 1.29 is 4.74 Å². The quantitative estimate of drug-likeness (QED) is 0.743. The third-order valence-electron chi connectivity index (χ3n) is 3.34. The molecular formula is C13H21NOS. The van der Waals surface area contributed by atoms with Crippen LogP contribution in [-0.4, -0.2) is 11.6 Å². The lowest BCUT2D eigenvalue weighted by molar-refractivity contribution is -0.0559.